The first-order chi connectivity index (χ1) is 6.54. The molecule has 0 aromatic rings. The molecule has 82 valence electrons. The van der Waals surface area contributed by atoms with Crippen LogP contribution in [-0.2, 0) is 14.3 Å². The summed E-state index contributed by atoms with van der Waals surface area (Å²) >= 11 is 0. The molecule has 0 radical (unpaired) electrons. The van der Waals surface area contributed by atoms with Gasteiger partial charge in [-0.2, -0.15) is 0 Å². The summed E-state index contributed by atoms with van der Waals surface area (Å²) < 4.78 is 4.76. The zero-order valence-corrected chi connectivity index (χ0v) is 8.23. The minimum absolute atomic E-state index is 0.0255. The van der Waals surface area contributed by atoms with Gasteiger partial charge in [-0.15, -0.1) is 0 Å². The fourth-order valence-electron chi connectivity index (χ4n) is 0.806. The normalized spacial score (nSPS) is 18.3. The number of rotatable bonds is 1. The highest BCUT2D eigenvalue weighted by Crippen LogP contribution is 2.06. The van der Waals surface area contributed by atoms with Crippen molar-refractivity contribution >= 4 is 11.9 Å². The summed E-state index contributed by atoms with van der Waals surface area (Å²) in [4.78, 5) is 19.9. The van der Waals surface area contributed by atoms with E-state index in [1.54, 1.807) is 0 Å². The molecule has 0 aromatic heterocycles. The minimum atomic E-state index is -1.23. The molecule has 0 aliphatic carbocycles. The molecule has 0 amide bonds. The second-order valence-corrected chi connectivity index (χ2v) is 3.05. The van der Waals surface area contributed by atoms with Crippen molar-refractivity contribution in [3.05, 3.63) is 0 Å². The summed E-state index contributed by atoms with van der Waals surface area (Å²) in [5, 5.41) is 15.8. The van der Waals surface area contributed by atoms with Gasteiger partial charge in [-0.1, -0.05) is 0 Å². The molecule has 2 N–H and O–H groups in total. The van der Waals surface area contributed by atoms with E-state index in [9.17, 15) is 9.59 Å². The highest BCUT2D eigenvalue weighted by molar-refractivity contribution is 5.71. The van der Waals surface area contributed by atoms with Crippen LogP contribution in [0.2, 0.25) is 0 Å². The average molecular weight is 204 g/mol. The molecule has 1 unspecified atom stereocenters. The molecule has 0 saturated carbocycles. The largest absolute Gasteiger partial charge is 0.479 e. The Labute approximate surface area is 82.7 Å². The van der Waals surface area contributed by atoms with E-state index in [1.807, 2.05) is 0 Å². The van der Waals surface area contributed by atoms with Crippen molar-refractivity contribution in [2.75, 3.05) is 6.61 Å². The summed E-state index contributed by atoms with van der Waals surface area (Å²) in [6.07, 6.45) is 2.60. The van der Waals surface area contributed by atoms with Gasteiger partial charge in [0.25, 0.3) is 0 Å². The number of aliphatic hydroxyl groups excluding tert-OH is 1. The maximum atomic E-state index is 10.5. The van der Waals surface area contributed by atoms with Gasteiger partial charge >= 0.3 is 11.9 Å². The molecule has 1 aliphatic rings. The fraction of sp³-hybridized carbons (Fsp3) is 0.778. The molecule has 1 fully saturated rings. The second kappa shape index (κ2) is 7.32. The summed E-state index contributed by atoms with van der Waals surface area (Å²) in [5.41, 5.74) is 0. The highest BCUT2D eigenvalue weighted by Gasteiger charge is 2.05. The van der Waals surface area contributed by atoms with Crippen molar-refractivity contribution in [3.63, 3.8) is 0 Å². The van der Waals surface area contributed by atoms with E-state index >= 15 is 0 Å². The molecule has 0 bridgehead atoms. The van der Waals surface area contributed by atoms with Gasteiger partial charge < -0.3 is 14.9 Å². The SMILES string of the molecule is CC(O)C(=O)O.O=C1CCCCCO1. The van der Waals surface area contributed by atoms with E-state index in [0.29, 0.717) is 13.0 Å². The molecule has 5 heteroatoms. The van der Waals surface area contributed by atoms with E-state index in [2.05, 4.69) is 0 Å². The third-order valence-corrected chi connectivity index (χ3v) is 1.65. The van der Waals surface area contributed by atoms with E-state index in [-0.39, 0.29) is 5.97 Å². The number of hydrogen-bond acceptors (Lipinski definition) is 4. The number of cyclic esters (lactones) is 1. The number of carbonyl (C=O) groups excluding carboxylic acids is 1. The van der Waals surface area contributed by atoms with Gasteiger partial charge in [0.05, 0.1) is 6.61 Å². The lowest BCUT2D eigenvalue weighted by molar-refractivity contribution is -0.145. The predicted octanol–water partition coefficient (Wildman–Crippen LogP) is 0.555. The summed E-state index contributed by atoms with van der Waals surface area (Å²) in [5.74, 6) is -1.21. The van der Waals surface area contributed by atoms with Crippen molar-refractivity contribution in [2.24, 2.45) is 0 Å². The van der Waals surface area contributed by atoms with E-state index in [0.717, 1.165) is 19.3 Å². The van der Waals surface area contributed by atoms with Crippen LogP contribution in [0.1, 0.15) is 32.6 Å². The Hall–Kier alpha value is -1.10. The van der Waals surface area contributed by atoms with Crippen LogP contribution in [0.15, 0.2) is 0 Å². The molecule has 1 heterocycles. The third kappa shape index (κ3) is 7.54. The Morgan fingerprint density at radius 1 is 1.43 bits per heavy atom. The average Bonchev–Trinajstić information content (AvgIpc) is 2.33. The van der Waals surface area contributed by atoms with E-state index in [1.165, 1.54) is 6.92 Å². The molecule has 1 atom stereocenters. The van der Waals surface area contributed by atoms with Crippen molar-refractivity contribution in [1.29, 1.82) is 0 Å². The van der Waals surface area contributed by atoms with Gasteiger partial charge in [0, 0.05) is 6.42 Å². The minimum Gasteiger partial charge on any atom is -0.479 e. The number of ether oxygens (including phenoxy) is 1. The van der Waals surface area contributed by atoms with Crippen LogP contribution in [0, 0.1) is 0 Å². The fourth-order valence-corrected chi connectivity index (χ4v) is 0.806. The molecule has 1 saturated heterocycles. The molecule has 0 spiro atoms. The Morgan fingerprint density at radius 3 is 2.50 bits per heavy atom. The van der Waals surface area contributed by atoms with E-state index < -0.39 is 12.1 Å². The molecule has 1 rings (SSSR count). The van der Waals surface area contributed by atoms with Gasteiger partial charge in [-0.25, -0.2) is 4.79 Å². The number of esters is 1. The third-order valence-electron chi connectivity index (χ3n) is 1.65. The first-order valence-electron chi connectivity index (χ1n) is 4.60. The molecule has 14 heavy (non-hydrogen) atoms. The van der Waals surface area contributed by atoms with Crippen LogP contribution < -0.4 is 0 Å². The Bertz CT molecular complexity index is 178. The van der Waals surface area contributed by atoms with E-state index in [4.69, 9.17) is 14.9 Å². The lowest BCUT2D eigenvalue weighted by Crippen LogP contribution is -2.13. The number of hydrogen-bond donors (Lipinski definition) is 2. The van der Waals surface area contributed by atoms with Gasteiger partial charge in [0.15, 0.2) is 0 Å². The number of carboxylic acids is 1. The van der Waals surface area contributed by atoms with Crippen molar-refractivity contribution in [3.8, 4) is 0 Å². The van der Waals surface area contributed by atoms with Crippen molar-refractivity contribution in [1.82, 2.24) is 0 Å². The number of carboxylic acid groups (broad SMARTS) is 1. The van der Waals surface area contributed by atoms with Crippen LogP contribution in [0.3, 0.4) is 0 Å². The van der Waals surface area contributed by atoms with Crippen LogP contribution in [-0.4, -0.2) is 34.9 Å². The van der Waals surface area contributed by atoms with Gasteiger partial charge in [0.1, 0.15) is 6.10 Å². The summed E-state index contributed by atoms with van der Waals surface area (Å²) in [7, 11) is 0. The van der Waals surface area contributed by atoms with Gasteiger partial charge in [-0.05, 0) is 26.2 Å². The molecule has 5 nitrogen and oxygen atoms in total. The molecule has 1 aliphatic heterocycles. The maximum Gasteiger partial charge on any atom is 0.332 e. The van der Waals surface area contributed by atoms with Gasteiger partial charge in [0.2, 0.25) is 0 Å². The topological polar surface area (TPSA) is 83.8 Å². The van der Waals surface area contributed by atoms with Crippen LogP contribution in [0.4, 0.5) is 0 Å². The Kier molecular flexibility index (Phi) is 6.74. The van der Waals surface area contributed by atoms with Crippen LogP contribution in [0.25, 0.3) is 0 Å². The summed E-state index contributed by atoms with van der Waals surface area (Å²) in [6, 6.07) is 0. The zero-order valence-electron chi connectivity index (χ0n) is 8.23. The zero-order chi connectivity index (χ0) is 11.0. The molecular formula is C9H16O5. The number of aliphatic carboxylic acids is 1. The monoisotopic (exact) mass is 204 g/mol. The second-order valence-electron chi connectivity index (χ2n) is 3.05. The lowest BCUT2D eigenvalue weighted by Gasteiger charge is -1.93. The lowest BCUT2D eigenvalue weighted by atomic mass is 10.2. The van der Waals surface area contributed by atoms with Crippen LogP contribution >= 0.6 is 0 Å². The number of aliphatic hydroxyl groups is 1. The predicted molar refractivity (Wildman–Crippen MR) is 48.7 cm³/mol. The first kappa shape index (κ1) is 12.9. The standard InChI is InChI=1S/C6H10O2.C3H6O3/c7-6-4-2-1-3-5-8-6;1-2(4)3(5)6/h1-5H2;2,4H,1H3,(H,5,6). The molecule has 0 aromatic carbocycles. The first-order valence-corrected chi connectivity index (χ1v) is 4.60. The number of carbonyl (C=O) groups is 2. The van der Waals surface area contributed by atoms with Crippen molar-refractivity contribution in [2.45, 2.75) is 38.7 Å². The quantitative estimate of drug-likeness (QED) is 0.609. The smallest absolute Gasteiger partial charge is 0.332 e. The molecular weight excluding hydrogens is 188 g/mol. The Balaban J connectivity index is 0.000000255. The maximum absolute atomic E-state index is 10.5. The van der Waals surface area contributed by atoms with Gasteiger partial charge in [-0.3, -0.25) is 4.79 Å². The van der Waals surface area contributed by atoms with Crippen molar-refractivity contribution < 1.29 is 24.5 Å². The Morgan fingerprint density at radius 2 is 2.00 bits per heavy atom. The summed E-state index contributed by atoms with van der Waals surface area (Å²) in [6.45, 7) is 1.83. The highest BCUT2D eigenvalue weighted by atomic mass is 16.5. The van der Waals surface area contributed by atoms with Crippen LogP contribution in [0.5, 0.6) is 0 Å².